The summed E-state index contributed by atoms with van der Waals surface area (Å²) in [5.74, 6) is 1.28. The van der Waals surface area contributed by atoms with E-state index >= 15 is 0 Å². The van der Waals surface area contributed by atoms with E-state index < -0.39 is 0 Å². The number of aromatic nitrogens is 2. The number of rotatable bonds is 2. The van der Waals surface area contributed by atoms with Crippen molar-refractivity contribution in [3.8, 4) is 0 Å². The second-order valence-electron chi connectivity index (χ2n) is 3.82. The van der Waals surface area contributed by atoms with Crippen LogP contribution in [-0.4, -0.2) is 34.5 Å². The van der Waals surface area contributed by atoms with Gasteiger partial charge in [0.05, 0.1) is 6.10 Å². The van der Waals surface area contributed by atoms with Crippen LogP contribution in [0.3, 0.4) is 0 Å². The lowest BCUT2D eigenvalue weighted by Crippen LogP contribution is -2.24. The van der Waals surface area contributed by atoms with Gasteiger partial charge in [-0.05, 0) is 25.5 Å². The molecule has 0 bridgehead atoms. The highest BCUT2D eigenvalue weighted by atomic mass is 16.3. The molecule has 4 nitrogen and oxygen atoms in total. The van der Waals surface area contributed by atoms with Gasteiger partial charge in [-0.1, -0.05) is 0 Å². The first kappa shape index (κ1) is 9.40. The van der Waals surface area contributed by atoms with Crippen LogP contribution in [0.2, 0.25) is 0 Å². The molecule has 2 rings (SSSR count). The van der Waals surface area contributed by atoms with Crippen LogP contribution in [0.25, 0.3) is 0 Å². The Hall–Kier alpha value is -1.16. The van der Waals surface area contributed by atoms with E-state index in [0.717, 1.165) is 25.3 Å². The van der Waals surface area contributed by atoms with Gasteiger partial charge in [-0.2, -0.15) is 5.10 Å². The lowest BCUT2D eigenvalue weighted by Gasteiger charge is -2.17. The van der Waals surface area contributed by atoms with Crippen molar-refractivity contribution >= 4 is 5.82 Å². The monoisotopic (exact) mass is 193 g/mol. The fourth-order valence-electron chi connectivity index (χ4n) is 1.85. The van der Waals surface area contributed by atoms with Gasteiger partial charge in [-0.3, -0.25) is 0 Å². The molecule has 0 amide bonds. The quantitative estimate of drug-likeness (QED) is 0.750. The van der Waals surface area contributed by atoms with E-state index in [9.17, 15) is 5.11 Å². The Kier molecular flexibility index (Phi) is 2.63. The SMILES string of the molecule is CC(O)C1CCN(c2cccnn2)C1. The van der Waals surface area contributed by atoms with Gasteiger partial charge >= 0.3 is 0 Å². The van der Waals surface area contributed by atoms with Crippen LogP contribution in [0.5, 0.6) is 0 Å². The molecule has 1 fully saturated rings. The van der Waals surface area contributed by atoms with Gasteiger partial charge in [-0.25, -0.2) is 0 Å². The molecule has 14 heavy (non-hydrogen) atoms. The minimum atomic E-state index is -0.225. The summed E-state index contributed by atoms with van der Waals surface area (Å²) < 4.78 is 0. The Morgan fingerprint density at radius 1 is 1.64 bits per heavy atom. The van der Waals surface area contributed by atoms with Crippen molar-refractivity contribution < 1.29 is 5.11 Å². The molecule has 0 saturated carbocycles. The maximum Gasteiger partial charge on any atom is 0.151 e. The predicted molar refractivity (Wildman–Crippen MR) is 54.0 cm³/mol. The highest BCUT2D eigenvalue weighted by Gasteiger charge is 2.26. The van der Waals surface area contributed by atoms with Gasteiger partial charge in [-0.15, -0.1) is 5.10 Å². The fourth-order valence-corrected chi connectivity index (χ4v) is 1.85. The summed E-state index contributed by atoms with van der Waals surface area (Å²) in [4.78, 5) is 2.17. The van der Waals surface area contributed by atoms with Gasteiger partial charge in [0, 0.05) is 25.2 Å². The van der Waals surface area contributed by atoms with Crippen molar-refractivity contribution in [2.45, 2.75) is 19.4 Å². The van der Waals surface area contributed by atoms with Crippen molar-refractivity contribution in [3.63, 3.8) is 0 Å². The summed E-state index contributed by atoms with van der Waals surface area (Å²) in [7, 11) is 0. The first-order chi connectivity index (χ1) is 6.77. The van der Waals surface area contributed by atoms with Crippen molar-refractivity contribution in [2.75, 3.05) is 18.0 Å². The Labute approximate surface area is 83.6 Å². The molecule has 2 heterocycles. The molecule has 1 aromatic heterocycles. The van der Waals surface area contributed by atoms with Crippen LogP contribution in [-0.2, 0) is 0 Å². The van der Waals surface area contributed by atoms with Crippen molar-refractivity contribution in [1.29, 1.82) is 0 Å². The molecule has 0 aliphatic carbocycles. The highest BCUT2D eigenvalue weighted by molar-refractivity contribution is 5.37. The number of aliphatic hydroxyl groups is 1. The molecule has 4 heteroatoms. The number of nitrogens with zero attached hydrogens (tertiary/aromatic N) is 3. The summed E-state index contributed by atoms with van der Waals surface area (Å²) in [6.07, 6.45) is 2.48. The molecule has 2 atom stereocenters. The summed E-state index contributed by atoms with van der Waals surface area (Å²) >= 11 is 0. The maximum atomic E-state index is 9.45. The molecule has 1 aliphatic heterocycles. The van der Waals surface area contributed by atoms with Gasteiger partial charge < -0.3 is 10.0 Å². The van der Waals surface area contributed by atoms with E-state index in [1.807, 2.05) is 19.1 Å². The molecule has 1 aliphatic rings. The third-order valence-corrected chi connectivity index (χ3v) is 2.79. The molecular formula is C10H15N3O. The van der Waals surface area contributed by atoms with Gasteiger partial charge in [0.15, 0.2) is 5.82 Å². The van der Waals surface area contributed by atoms with E-state index in [2.05, 4.69) is 15.1 Å². The Morgan fingerprint density at radius 3 is 3.07 bits per heavy atom. The minimum absolute atomic E-state index is 0.225. The van der Waals surface area contributed by atoms with Crippen molar-refractivity contribution in [3.05, 3.63) is 18.3 Å². The molecule has 0 aromatic carbocycles. The number of hydrogen-bond acceptors (Lipinski definition) is 4. The Morgan fingerprint density at radius 2 is 2.50 bits per heavy atom. The van der Waals surface area contributed by atoms with Crippen LogP contribution in [0.4, 0.5) is 5.82 Å². The second kappa shape index (κ2) is 3.92. The summed E-state index contributed by atoms with van der Waals surface area (Å²) in [5.41, 5.74) is 0. The van der Waals surface area contributed by atoms with Crippen molar-refractivity contribution in [2.24, 2.45) is 5.92 Å². The zero-order valence-electron chi connectivity index (χ0n) is 8.30. The van der Waals surface area contributed by atoms with E-state index in [4.69, 9.17) is 0 Å². The third kappa shape index (κ3) is 1.85. The molecule has 1 aromatic rings. The molecule has 76 valence electrons. The van der Waals surface area contributed by atoms with Gasteiger partial charge in [0.2, 0.25) is 0 Å². The Balaban J connectivity index is 2.03. The van der Waals surface area contributed by atoms with Gasteiger partial charge in [0.25, 0.3) is 0 Å². The first-order valence-corrected chi connectivity index (χ1v) is 4.98. The summed E-state index contributed by atoms with van der Waals surface area (Å²) in [5, 5.41) is 17.3. The van der Waals surface area contributed by atoms with Crippen molar-refractivity contribution in [1.82, 2.24) is 10.2 Å². The Bertz CT molecular complexity index is 289. The van der Waals surface area contributed by atoms with E-state index in [-0.39, 0.29) is 6.10 Å². The average Bonchev–Trinajstić information content (AvgIpc) is 2.68. The van der Waals surface area contributed by atoms with E-state index in [1.54, 1.807) is 6.20 Å². The lowest BCUT2D eigenvalue weighted by atomic mass is 10.0. The normalized spacial score (nSPS) is 23.9. The van der Waals surface area contributed by atoms with E-state index in [0.29, 0.717) is 5.92 Å². The number of anilines is 1. The third-order valence-electron chi connectivity index (χ3n) is 2.79. The second-order valence-corrected chi connectivity index (χ2v) is 3.82. The van der Waals surface area contributed by atoms with Crippen LogP contribution < -0.4 is 4.90 Å². The largest absolute Gasteiger partial charge is 0.393 e. The number of hydrogen-bond donors (Lipinski definition) is 1. The number of aliphatic hydroxyl groups excluding tert-OH is 1. The molecule has 0 spiro atoms. The topological polar surface area (TPSA) is 49.2 Å². The molecular weight excluding hydrogens is 178 g/mol. The lowest BCUT2D eigenvalue weighted by molar-refractivity contribution is 0.136. The average molecular weight is 193 g/mol. The van der Waals surface area contributed by atoms with Crippen LogP contribution in [0, 0.1) is 5.92 Å². The fraction of sp³-hybridized carbons (Fsp3) is 0.600. The van der Waals surface area contributed by atoms with E-state index in [1.165, 1.54) is 0 Å². The van der Waals surface area contributed by atoms with Crippen LogP contribution in [0.1, 0.15) is 13.3 Å². The molecule has 1 N–H and O–H groups in total. The molecule has 2 unspecified atom stereocenters. The molecule has 1 saturated heterocycles. The minimum Gasteiger partial charge on any atom is -0.393 e. The zero-order valence-corrected chi connectivity index (χ0v) is 8.30. The van der Waals surface area contributed by atoms with Gasteiger partial charge in [0.1, 0.15) is 0 Å². The highest BCUT2D eigenvalue weighted by Crippen LogP contribution is 2.23. The summed E-state index contributed by atoms with van der Waals surface area (Å²) in [6.45, 7) is 3.70. The summed E-state index contributed by atoms with van der Waals surface area (Å²) in [6, 6.07) is 3.84. The maximum absolute atomic E-state index is 9.45. The van der Waals surface area contributed by atoms with Crippen LogP contribution in [0.15, 0.2) is 18.3 Å². The molecule has 0 radical (unpaired) electrons. The first-order valence-electron chi connectivity index (χ1n) is 4.98. The standard InChI is InChI=1S/C10H15N3O/c1-8(14)9-4-6-13(7-9)10-3-2-5-11-12-10/h2-3,5,8-9,14H,4,6-7H2,1H3. The zero-order chi connectivity index (χ0) is 9.97. The smallest absolute Gasteiger partial charge is 0.151 e. The van der Waals surface area contributed by atoms with Crippen LogP contribution >= 0.6 is 0 Å². The predicted octanol–water partition coefficient (Wildman–Crippen LogP) is 0.684.